The van der Waals surface area contributed by atoms with E-state index in [1.807, 2.05) is 42.5 Å². The molecular weight excluding hydrogens is 328 g/mol. The molecule has 4 nitrogen and oxygen atoms in total. The third kappa shape index (κ3) is 18.0. The lowest BCUT2D eigenvalue weighted by molar-refractivity contribution is -0.136. The van der Waals surface area contributed by atoms with Gasteiger partial charge in [0.2, 0.25) is 0 Å². The Morgan fingerprint density at radius 2 is 1.58 bits per heavy atom. The molecule has 0 saturated carbocycles. The average Bonchev–Trinajstić information content (AvgIpc) is 2.60. The fourth-order valence-electron chi connectivity index (χ4n) is 1.76. The van der Waals surface area contributed by atoms with E-state index in [1.165, 1.54) is 0 Å². The van der Waals surface area contributed by atoms with Crippen molar-refractivity contribution in [3.8, 4) is 11.8 Å². The Morgan fingerprint density at radius 1 is 0.923 bits per heavy atom. The van der Waals surface area contributed by atoms with Crippen LogP contribution in [0.25, 0.3) is 0 Å². The molecule has 3 N–H and O–H groups in total. The van der Waals surface area contributed by atoms with Crippen molar-refractivity contribution in [2.45, 2.75) is 57.7 Å². The second-order valence-corrected chi connectivity index (χ2v) is 5.56. The molecule has 0 aliphatic heterocycles. The highest BCUT2D eigenvalue weighted by atomic mass is 16.4. The Kier molecular flexibility index (Phi) is 15.9. The van der Waals surface area contributed by atoms with E-state index >= 15 is 0 Å². The van der Waals surface area contributed by atoms with Gasteiger partial charge in [-0.3, -0.25) is 4.79 Å². The van der Waals surface area contributed by atoms with Crippen molar-refractivity contribution in [3.63, 3.8) is 0 Å². The van der Waals surface area contributed by atoms with E-state index in [-0.39, 0.29) is 6.42 Å². The zero-order valence-electron chi connectivity index (χ0n) is 15.4. The molecule has 0 rings (SSSR count). The van der Waals surface area contributed by atoms with Crippen molar-refractivity contribution in [1.82, 2.24) is 0 Å². The standard InChI is InChI=1S/C22H30O4/c1-2-3-10-15-20(23)16-11-7-5-4-6-8-12-17-21(24)18-13-9-14-19-22(25)26/h3,5-8,10-12,16-17,20-21,23-24H,2,4,14-15,18-19H2,1H3,(H,25,26)/b7-5-,8-6-,10-3-,16-11+,17-12+/t20-,21?/m0/s1. The number of allylic oxidation sites excluding steroid dienone is 7. The smallest absolute Gasteiger partial charge is 0.304 e. The van der Waals surface area contributed by atoms with Gasteiger partial charge in [0, 0.05) is 12.8 Å². The molecule has 0 aromatic carbocycles. The maximum Gasteiger partial charge on any atom is 0.304 e. The second kappa shape index (κ2) is 17.5. The third-order valence-corrected chi connectivity index (χ3v) is 3.11. The van der Waals surface area contributed by atoms with E-state index in [4.69, 9.17) is 5.11 Å². The van der Waals surface area contributed by atoms with E-state index in [2.05, 4.69) is 18.8 Å². The first-order valence-electron chi connectivity index (χ1n) is 8.91. The molecule has 0 spiro atoms. The van der Waals surface area contributed by atoms with Crippen LogP contribution in [0.2, 0.25) is 0 Å². The fraction of sp³-hybridized carbons (Fsp3) is 0.409. The number of hydrogen-bond acceptors (Lipinski definition) is 3. The topological polar surface area (TPSA) is 77.8 Å². The van der Waals surface area contributed by atoms with Crippen LogP contribution in [-0.4, -0.2) is 33.5 Å². The summed E-state index contributed by atoms with van der Waals surface area (Å²) in [7, 11) is 0. The average molecular weight is 358 g/mol. The summed E-state index contributed by atoms with van der Waals surface area (Å²) in [5.41, 5.74) is 0. The number of rotatable bonds is 12. The number of hydrogen-bond donors (Lipinski definition) is 3. The molecule has 0 aromatic rings. The molecule has 4 heteroatoms. The van der Waals surface area contributed by atoms with Crippen molar-refractivity contribution in [1.29, 1.82) is 0 Å². The lowest BCUT2D eigenvalue weighted by Crippen LogP contribution is -1.99. The van der Waals surface area contributed by atoms with Gasteiger partial charge in [0.1, 0.15) is 0 Å². The Bertz CT molecular complexity index is 571. The maximum atomic E-state index is 10.3. The predicted octanol–water partition coefficient (Wildman–Crippen LogP) is 3.94. The molecule has 0 fully saturated rings. The summed E-state index contributed by atoms with van der Waals surface area (Å²) in [4.78, 5) is 10.3. The summed E-state index contributed by atoms with van der Waals surface area (Å²) >= 11 is 0. The molecule has 0 aliphatic carbocycles. The Hall–Kier alpha value is -2.35. The van der Waals surface area contributed by atoms with Gasteiger partial charge in [0.25, 0.3) is 0 Å². The van der Waals surface area contributed by atoms with Crippen molar-refractivity contribution in [2.75, 3.05) is 0 Å². The summed E-state index contributed by atoms with van der Waals surface area (Å²) < 4.78 is 0. The quantitative estimate of drug-likeness (QED) is 0.280. The molecule has 0 aromatic heterocycles. The first kappa shape index (κ1) is 23.6. The molecule has 2 atom stereocenters. The van der Waals surface area contributed by atoms with Crippen molar-refractivity contribution < 1.29 is 20.1 Å². The van der Waals surface area contributed by atoms with Gasteiger partial charge < -0.3 is 15.3 Å². The van der Waals surface area contributed by atoms with Crippen molar-refractivity contribution in [3.05, 3.63) is 60.8 Å². The molecule has 0 heterocycles. The van der Waals surface area contributed by atoms with Crippen LogP contribution in [0.5, 0.6) is 0 Å². The van der Waals surface area contributed by atoms with Gasteiger partial charge in [-0.05, 0) is 19.3 Å². The SMILES string of the molecule is CC/C=C\C[C@H](O)/C=C/C=C\C/C=C\C=C\C(O)CC#CCCC(=O)O. The van der Waals surface area contributed by atoms with Crippen LogP contribution in [0.3, 0.4) is 0 Å². The van der Waals surface area contributed by atoms with Gasteiger partial charge in [-0.25, -0.2) is 0 Å². The molecule has 0 radical (unpaired) electrons. The van der Waals surface area contributed by atoms with E-state index in [0.29, 0.717) is 19.3 Å². The number of aliphatic carboxylic acids is 1. The minimum absolute atomic E-state index is 0.0270. The van der Waals surface area contributed by atoms with Crippen LogP contribution in [-0.2, 0) is 4.79 Å². The summed E-state index contributed by atoms with van der Waals surface area (Å²) in [6.07, 6.45) is 20.6. The van der Waals surface area contributed by atoms with E-state index in [0.717, 1.165) is 12.8 Å². The van der Waals surface area contributed by atoms with E-state index < -0.39 is 18.2 Å². The highest BCUT2D eigenvalue weighted by Crippen LogP contribution is 1.98. The van der Waals surface area contributed by atoms with Crippen LogP contribution in [0, 0.1) is 11.8 Å². The molecule has 0 aliphatic rings. The lowest BCUT2D eigenvalue weighted by atomic mass is 10.2. The number of aliphatic hydroxyl groups excluding tert-OH is 2. The van der Waals surface area contributed by atoms with Crippen molar-refractivity contribution >= 4 is 5.97 Å². The first-order chi connectivity index (χ1) is 12.6. The Balaban J connectivity index is 3.88. The van der Waals surface area contributed by atoms with Crippen LogP contribution in [0.4, 0.5) is 0 Å². The molecular formula is C22H30O4. The van der Waals surface area contributed by atoms with E-state index in [1.54, 1.807) is 18.2 Å². The van der Waals surface area contributed by atoms with Crippen LogP contribution >= 0.6 is 0 Å². The molecule has 0 saturated heterocycles. The number of carboxylic acid groups (broad SMARTS) is 1. The third-order valence-electron chi connectivity index (χ3n) is 3.11. The van der Waals surface area contributed by atoms with Crippen LogP contribution in [0.1, 0.15) is 45.4 Å². The largest absolute Gasteiger partial charge is 0.481 e. The van der Waals surface area contributed by atoms with Gasteiger partial charge in [-0.15, -0.1) is 11.8 Å². The van der Waals surface area contributed by atoms with Gasteiger partial charge in [-0.1, -0.05) is 67.7 Å². The number of carboxylic acids is 1. The number of aliphatic hydroxyl groups is 2. The van der Waals surface area contributed by atoms with Crippen LogP contribution in [0.15, 0.2) is 60.8 Å². The fourth-order valence-corrected chi connectivity index (χ4v) is 1.76. The Morgan fingerprint density at radius 3 is 2.19 bits per heavy atom. The summed E-state index contributed by atoms with van der Waals surface area (Å²) in [5, 5.41) is 27.8. The summed E-state index contributed by atoms with van der Waals surface area (Å²) in [5.74, 6) is 4.61. The zero-order valence-corrected chi connectivity index (χ0v) is 15.4. The molecule has 1 unspecified atom stereocenters. The lowest BCUT2D eigenvalue weighted by Gasteiger charge is -1.98. The first-order valence-corrected chi connectivity index (χ1v) is 8.91. The number of carbonyl (C=O) groups is 1. The second-order valence-electron chi connectivity index (χ2n) is 5.56. The van der Waals surface area contributed by atoms with Crippen molar-refractivity contribution in [2.24, 2.45) is 0 Å². The Labute approximate surface area is 156 Å². The molecule has 26 heavy (non-hydrogen) atoms. The molecule has 0 amide bonds. The van der Waals surface area contributed by atoms with Crippen LogP contribution < -0.4 is 0 Å². The van der Waals surface area contributed by atoms with Gasteiger partial charge in [0.15, 0.2) is 0 Å². The minimum Gasteiger partial charge on any atom is -0.481 e. The minimum atomic E-state index is -0.866. The maximum absolute atomic E-state index is 10.3. The zero-order chi connectivity index (χ0) is 19.5. The summed E-state index contributed by atoms with van der Waals surface area (Å²) in [6.45, 7) is 2.06. The molecule has 142 valence electrons. The van der Waals surface area contributed by atoms with Gasteiger partial charge >= 0.3 is 5.97 Å². The predicted molar refractivity (Wildman–Crippen MR) is 107 cm³/mol. The summed E-state index contributed by atoms with van der Waals surface area (Å²) in [6, 6.07) is 0. The molecule has 0 bridgehead atoms. The van der Waals surface area contributed by atoms with Gasteiger partial charge in [0.05, 0.1) is 18.6 Å². The normalized spacial score (nSPS) is 14.6. The monoisotopic (exact) mass is 358 g/mol. The highest BCUT2D eigenvalue weighted by molar-refractivity contribution is 5.66. The highest BCUT2D eigenvalue weighted by Gasteiger charge is 1.94. The van der Waals surface area contributed by atoms with E-state index in [9.17, 15) is 15.0 Å². The van der Waals surface area contributed by atoms with Gasteiger partial charge in [-0.2, -0.15) is 0 Å².